The van der Waals surface area contributed by atoms with Crippen molar-refractivity contribution in [2.24, 2.45) is 5.92 Å². The largest absolute Gasteiger partial charge is 0.351 e. The van der Waals surface area contributed by atoms with E-state index in [-0.39, 0.29) is 12.0 Å². The molecule has 0 aromatic carbocycles. The minimum atomic E-state index is -2.48. The average molecular weight is 509 g/mol. The van der Waals surface area contributed by atoms with Gasteiger partial charge >= 0.3 is 0 Å². The molecule has 1 saturated carbocycles. The fourth-order valence-corrected chi connectivity index (χ4v) is 5.71. The number of H-pyrrole nitrogens is 1. The molecule has 4 aromatic heterocycles. The molecule has 194 valence electrons. The molecule has 4 aromatic rings. The Morgan fingerprint density at radius 3 is 2.68 bits per heavy atom. The number of carbonyl (C=O) groups excluding carboxylic acids is 1. The Hall–Kier alpha value is -3.63. The van der Waals surface area contributed by atoms with Crippen LogP contribution in [0.4, 0.5) is 14.7 Å². The maximum absolute atomic E-state index is 13.1. The Labute approximate surface area is 212 Å². The van der Waals surface area contributed by atoms with Gasteiger partial charge in [-0.25, -0.2) is 23.7 Å². The van der Waals surface area contributed by atoms with Gasteiger partial charge in [-0.05, 0) is 51.5 Å². The normalized spacial score (nSPS) is 20.4. The summed E-state index contributed by atoms with van der Waals surface area (Å²) in [5.41, 5.74) is 3.32. The maximum atomic E-state index is 13.1. The SMILES string of the molecule is Cc1nc2ncc(-c3c[nH]c4nc(NC5CCC(C(=O)N6CCCC6)CC5)ncc34)cc2n1CC(F)F. The fourth-order valence-electron chi connectivity index (χ4n) is 5.71. The monoisotopic (exact) mass is 508 g/mol. The van der Waals surface area contributed by atoms with Crippen molar-refractivity contribution in [3.8, 4) is 11.1 Å². The van der Waals surface area contributed by atoms with Crippen LogP contribution in [0.2, 0.25) is 0 Å². The van der Waals surface area contributed by atoms with Crippen molar-refractivity contribution in [2.75, 3.05) is 18.4 Å². The fraction of sp³-hybridized carbons (Fsp3) is 0.500. The van der Waals surface area contributed by atoms with Gasteiger partial charge in [-0.2, -0.15) is 4.98 Å². The van der Waals surface area contributed by atoms with Gasteiger partial charge in [0.2, 0.25) is 11.9 Å². The van der Waals surface area contributed by atoms with Crippen molar-refractivity contribution in [3.05, 3.63) is 30.5 Å². The number of fused-ring (bicyclic) bond motifs is 2. The summed E-state index contributed by atoms with van der Waals surface area (Å²) in [6, 6.07) is 2.07. The highest BCUT2D eigenvalue weighted by molar-refractivity contribution is 5.95. The van der Waals surface area contributed by atoms with Crippen molar-refractivity contribution in [2.45, 2.75) is 64.5 Å². The topological polar surface area (TPSA) is 105 Å². The van der Waals surface area contributed by atoms with E-state index in [1.807, 2.05) is 17.2 Å². The summed E-state index contributed by atoms with van der Waals surface area (Å²) >= 11 is 0. The van der Waals surface area contributed by atoms with E-state index < -0.39 is 13.0 Å². The average Bonchev–Trinajstić information content (AvgIpc) is 3.63. The molecule has 1 saturated heterocycles. The molecule has 0 bridgehead atoms. The number of aromatic nitrogens is 6. The number of nitrogens with zero attached hydrogens (tertiary/aromatic N) is 6. The van der Waals surface area contributed by atoms with Gasteiger partial charge in [0, 0.05) is 60.2 Å². The molecule has 0 unspecified atom stereocenters. The van der Waals surface area contributed by atoms with Gasteiger partial charge in [-0.1, -0.05) is 0 Å². The third-order valence-corrected chi connectivity index (χ3v) is 7.69. The number of imidazole rings is 1. The number of amides is 1. The van der Waals surface area contributed by atoms with Gasteiger partial charge in [-0.3, -0.25) is 4.79 Å². The van der Waals surface area contributed by atoms with Crippen molar-refractivity contribution in [1.29, 1.82) is 0 Å². The van der Waals surface area contributed by atoms with Crippen molar-refractivity contribution >= 4 is 34.1 Å². The van der Waals surface area contributed by atoms with Crippen LogP contribution in [0.5, 0.6) is 0 Å². The summed E-state index contributed by atoms with van der Waals surface area (Å²) in [7, 11) is 0. The van der Waals surface area contributed by atoms with Crippen molar-refractivity contribution in [3.63, 3.8) is 0 Å². The first kappa shape index (κ1) is 23.7. The highest BCUT2D eigenvalue weighted by atomic mass is 19.3. The van der Waals surface area contributed by atoms with Crippen LogP contribution in [-0.2, 0) is 11.3 Å². The van der Waals surface area contributed by atoms with Crippen LogP contribution in [0.15, 0.2) is 24.7 Å². The lowest BCUT2D eigenvalue weighted by Gasteiger charge is -2.30. The standard InChI is InChI=1S/C26H30F2N8O/c1-15-32-24-21(36(15)14-22(27)28)10-17(11-29-24)19-12-30-23-20(19)13-31-26(34-23)33-18-6-4-16(5-7-18)25(37)35-8-2-3-9-35/h10-13,16,18,22H,2-9,14H2,1H3,(H2,30,31,33,34). The Morgan fingerprint density at radius 2 is 1.92 bits per heavy atom. The highest BCUT2D eigenvalue weighted by Crippen LogP contribution is 2.31. The zero-order valence-electron chi connectivity index (χ0n) is 20.8. The predicted molar refractivity (Wildman–Crippen MR) is 136 cm³/mol. The summed E-state index contributed by atoms with van der Waals surface area (Å²) in [5, 5.41) is 4.26. The Balaban J connectivity index is 1.17. The third-order valence-electron chi connectivity index (χ3n) is 7.69. The van der Waals surface area contributed by atoms with Crippen LogP contribution in [0, 0.1) is 12.8 Å². The predicted octanol–water partition coefficient (Wildman–Crippen LogP) is 4.54. The number of hydrogen-bond donors (Lipinski definition) is 2. The van der Waals surface area contributed by atoms with Crippen LogP contribution in [0.1, 0.15) is 44.3 Å². The molecular formula is C26H30F2N8O. The Bertz CT molecular complexity index is 1430. The summed E-state index contributed by atoms with van der Waals surface area (Å²) in [6.45, 7) is 3.10. The zero-order chi connectivity index (χ0) is 25.5. The first-order valence-electron chi connectivity index (χ1n) is 13.0. The van der Waals surface area contributed by atoms with Crippen molar-refractivity contribution in [1.82, 2.24) is 34.4 Å². The number of likely N-dealkylation sites (tertiary alicyclic amines) is 1. The number of hydrogen-bond acceptors (Lipinski definition) is 6. The minimum absolute atomic E-state index is 0.136. The summed E-state index contributed by atoms with van der Waals surface area (Å²) in [5.74, 6) is 1.52. The molecule has 5 heterocycles. The summed E-state index contributed by atoms with van der Waals surface area (Å²) < 4.78 is 27.7. The summed E-state index contributed by atoms with van der Waals surface area (Å²) in [4.78, 5) is 35.9. The van der Waals surface area contributed by atoms with Crippen LogP contribution >= 0.6 is 0 Å². The molecule has 1 aliphatic carbocycles. The maximum Gasteiger partial charge on any atom is 0.256 e. The van der Waals surface area contributed by atoms with Crippen LogP contribution in [-0.4, -0.2) is 65.9 Å². The lowest BCUT2D eigenvalue weighted by atomic mass is 9.85. The first-order chi connectivity index (χ1) is 18.0. The van der Waals surface area contributed by atoms with E-state index in [1.165, 1.54) is 4.57 Å². The molecule has 11 heteroatoms. The number of alkyl halides is 2. The quantitative estimate of drug-likeness (QED) is 0.396. The van der Waals surface area contributed by atoms with Gasteiger partial charge in [0.05, 0.1) is 12.1 Å². The highest BCUT2D eigenvalue weighted by Gasteiger charge is 2.30. The second-order valence-electron chi connectivity index (χ2n) is 10.1. The minimum Gasteiger partial charge on any atom is -0.351 e. The second-order valence-corrected chi connectivity index (χ2v) is 10.1. The van der Waals surface area contributed by atoms with Gasteiger partial charge in [0.15, 0.2) is 5.65 Å². The molecule has 2 fully saturated rings. The lowest BCUT2D eigenvalue weighted by molar-refractivity contribution is -0.135. The zero-order valence-corrected chi connectivity index (χ0v) is 20.8. The number of aryl methyl sites for hydroxylation is 1. The van der Waals surface area contributed by atoms with Gasteiger partial charge in [0.25, 0.3) is 6.43 Å². The Kier molecular flexibility index (Phi) is 6.21. The molecule has 0 spiro atoms. The second kappa shape index (κ2) is 9.68. The van der Waals surface area contributed by atoms with E-state index >= 15 is 0 Å². The van der Waals surface area contributed by atoms with E-state index in [1.54, 1.807) is 19.3 Å². The molecule has 9 nitrogen and oxygen atoms in total. The molecule has 2 aliphatic rings. The van der Waals surface area contributed by atoms with Gasteiger partial charge in [-0.15, -0.1) is 0 Å². The van der Waals surface area contributed by atoms with Crippen LogP contribution in [0.25, 0.3) is 33.3 Å². The van der Waals surface area contributed by atoms with Gasteiger partial charge in [0.1, 0.15) is 11.5 Å². The van der Waals surface area contributed by atoms with E-state index in [9.17, 15) is 13.6 Å². The van der Waals surface area contributed by atoms with Crippen LogP contribution in [0.3, 0.4) is 0 Å². The first-order valence-corrected chi connectivity index (χ1v) is 13.0. The molecule has 1 amide bonds. The lowest BCUT2D eigenvalue weighted by Crippen LogP contribution is -2.37. The number of anilines is 1. The van der Waals surface area contributed by atoms with E-state index in [2.05, 4.69) is 30.2 Å². The number of halogens is 2. The summed E-state index contributed by atoms with van der Waals surface area (Å²) in [6.07, 6.45) is 8.67. The number of nitrogens with one attached hydrogen (secondary N) is 2. The van der Waals surface area contributed by atoms with Crippen molar-refractivity contribution < 1.29 is 13.6 Å². The molecule has 37 heavy (non-hydrogen) atoms. The third kappa shape index (κ3) is 4.62. The smallest absolute Gasteiger partial charge is 0.256 e. The molecule has 2 N–H and O–H groups in total. The molecule has 0 atom stereocenters. The number of carbonyl (C=O) groups is 1. The number of aromatic amines is 1. The van der Waals surface area contributed by atoms with Gasteiger partial charge < -0.3 is 19.8 Å². The van der Waals surface area contributed by atoms with E-state index in [4.69, 9.17) is 0 Å². The number of pyridine rings is 1. The molecule has 1 aliphatic heterocycles. The van der Waals surface area contributed by atoms with E-state index in [0.717, 1.165) is 68.1 Å². The van der Waals surface area contributed by atoms with E-state index in [0.29, 0.717) is 34.5 Å². The molecule has 0 radical (unpaired) electrons. The Morgan fingerprint density at radius 1 is 1.14 bits per heavy atom. The number of rotatable bonds is 6. The molecule has 6 rings (SSSR count). The molecular weight excluding hydrogens is 478 g/mol. The van der Waals surface area contributed by atoms with Crippen LogP contribution < -0.4 is 5.32 Å².